The van der Waals surface area contributed by atoms with Crippen molar-refractivity contribution in [3.63, 3.8) is 0 Å². The van der Waals surface area contributed by atoms with Gasteiger partial charge in [-0.1, -0.05) is 49.4 Å². The lowest BCUT2D eigenvalue weighted by atomic mass is 10.1. The van der Waals surface area contributed by atoms with Gasteiger partial charge in [0.1, 0.15) is 28.4 Å². The van der Waals surface area contributed by atoms with Crippen molar-refractivity contribution in [1.82, 2.24) is 10.5 Å². The molecule has 3 aromatic rings. The Morgan fingerprint density at radius 3 is 2.58 bits per heavy atom. The van der Waals surface area contributed by atoms with Crippen molar-refractivity contribution < 1.29 is 24.2 Å². The molecule has 0 amide bonds. The Kier molecular flexibility index (Phi) is 9.44. The first kappa shape index (κ1) is 24.4. The van der Waals surface area contributed by atoms with Crippen LogP contribution in [0.3, 0.4) is 0 Å². The summed E-state index contributed by atoms with van der Waals surface area (Å²) < 4.78 is 11.1. The summed E-state index contributed by atoms with van der Waals surface area (Å²) in [6, 6.07) is 17.2. The van der Waals surface area contributed by atoms with Crippen LogP contribution in [0, 0.1) is 0 Å². The number of aromatic nitrogens is 1. The van der Waals surface area contributed by atoms with Gasteiger partial charge in [-0.15, -0.1) is 11.3 Å². The van der Waals surface area contributed by atoms with E-state index in [4.69, 9.17) is 19.3 Å². The van der Waals surface area contributed by atoms with E-state index in [0.717, 1.165) is 22.6 Å². The molecule has 0 spiro atoms. The van der Waals surface area contributed by atoms with E-state index in [1.54, 1.807) is 36.7 Å². The summed E-state index contributed by atoms with van der Waals surface area (Å²) in [4.78, 5) is 21.5. The van der Waals surface area contributed by atoms with Crippen LogP contribution in [0.5, 0.6) is 5.75 Å². The van der Waals surface area contributed by atoms with E-state index < -0.39 is 12.1 Å². The van der Waals surface area contributed by atoms with Crippen molar-refractivity contribution >= 4 is 23.0 Å². The predicted molar refractivity (Wildman–Crippen MR) is 129 cm³/mol. The Morgan fingerprint density at radius 2 is 1.91 bits per heavy atom. The molecule has 0 aliphatic rings. The molecule has 174 valence electrons. The third kappa shape index (κ3) is 7.42. The Morgan fingerprint density at radius 1 is 1.15 bits per heavy atom. The first-order valence-corrected chi connectivity index (χ1v) is 11.7. The number of carbonyl (C=O) groups is 1. The molecule has 0 saturated carbocycles. The molecule has 1 unspecified atom stereocenters. The van der Waals surface area contributed by atoms with Crippen LogP contribution >= 0.6 is 11.3 Å². The third-order valence-corrected chi connectivity index (χ3v) is 5.48. The maximum absolute atomic E-state index is 11.3. The molecule has 2 aromatic carbocycles. The minimum Gasteiger partial charge on any atom is -0.479 e. The zero-order valence-corrected chi connectivity index (χ0v) is 19.5. The van der Waals surface area contributed by atoms with Crippen molar-refractivity contribution in [2.24, 2.45) is 0 Å². The van der Waals surface area contributed by atoms with Crippen LogP contribution in [0.15, 0.2) is 66.2 Å². The molecule has 0 aliphatic carbocycles. The topological polar surface area (TPSA) is 89.9 Å². The number of carboxylic acids is 1. The van der Waals surface area contributed by atoms with Gasteiger partial charge < -0.3 is 14.6 Å². The fourth-order valence-corrected chi connectivity index (χ4v) is 3.77. The maximum atomic E-state index is 11.3. The normalized spacial score (nSPS) is 12.4. The second kappa shape index (κ2) is 12.7. The number of hydroxylamine groups is 1. The van der Waals surface area contributed by atoms with Crippen LogP contribution in [-0.4, -0.2) is 35.4 Å². The average molecular weight is 469 g/mol. The Hall–Kier alpha value is -3.20. The third-order valence-electron chi connectivity index (χ3n) is 4.59. The number of hydrogen-bond donors (Lipinski definition) is 2. The lowest BCUT2D eigenvalue weighted by Gasteiger charge is -2.12. The van der Waals surface area contributed by atoms with E-state index in [1.807, 2.05) is 54.8 Å². The van der Waals surface area contributed by atoms with Gasteiger partial charge in [0.05, 0.1) is 6.61 Å². The fraction of sp³-hybridized carbons (Fsp3) is 0.280. The SMILES string of the molecule is CCCONC(=COc1ccc(CC(OCC)C(=O)O)cc1)c1csc(-c2ccccc2)n1. The van der Waals surface area contributed by atoms with Gasteiger partial charge in [0.25, 0.3) is 0 Å². The largest absolute Gasteiger partial charge is 0.479 e. The van der Waals surface area contributed by atoms with Crippen molar-refractivity contribution in [1.29, 1.82) is 0 Å². The molecule has 0 fully saturated rings. The monoisotopic (exact) mass is 468 g/mol. The van der Waals surface area contributed by atoms with Crippen molar-refractivity contribution in [2.45, 2.75) is 32.8 Å². The molecule has 7 nitrogen and oxygen atoms in total. The van der Waals surface area contributed by atoms with Gasteiger partial charge in [0, 0.05) is 24.0 Å². The summed E-state index contributed by atoms with van der Waals surface area (Å²) in [6.07, 6.45) is 1.86. The van der Waals surface area contributed by atoms with Crippen LogP contribution in [0.1, 0.15) is 31.5 Å². The summed E-state index contributed by atoms with van der Waals surface area (Å²) >= 11 is 1.54. The number of nitrogens with one attached hydrogen (secondary N) is 1. The first-order valence-electron chi connectivity index (χ1n) is 10.8. The van der Waals surface area contributed by atoms with Crippen LogP contribution in [0.4, 0.5) is 0 Å². The molecule has 8 heteroatoms. The molecular formula is C25H28N2O5S. The van der Waals surface area contributed by atoms with E-state index in [9.17, 15) is 9.90 Å². The molecule has 2 N–H and O–H groups in total. The number of carboxylic acid groups (broad SMARTS) is 1. The lowest BCUT2D eigenvalue weighted by Crippen LogP contribution is -2.26. The van der Waals surface area contributed by atoms with Gasteiger partial charge in [0.15, 0.2) is 6.10 Å². The lowest BCUT2D eigenvalue weighted by molar-refractivity contribution is -0.149. The van der Waals surface area contributed by atoms with Crippen LogP contribution in [0.25, 0.3) is 16.3 Å². The molecule has 0 radical (unpaired) electrons. The molecule has 1 atom stereocenters. The Labute approximate surface area is 197 Å². The summed E-state index contributed by atoms with van der Waals surface area (Å²) in [5.74, 6) is -0.364. The molecule has 0 aliphatic heterocycles. The molecule has 0 bridgehead atoms. The smallest absolute Gasteiger partial charge is 0.333 e. The van der Waals surface area contributed by atoms with Crippen LogP contribution in [0.2, 0.25) is 0 Å². The highest BCUT2D eigenvalue weighted by atomic mass is 32.1. The molecule has 33 heavy (non-hydrogen) atoms. The summed E-state index contributed by atoms with van der Waals surface area (Å²) in [6.45, 7) is 4.70. The van der Waals surface area contributed by atoms with E-state index in [2.05, 4.69) is 5.48 Å². The standard InChI is InChI=1S/C25H28N2O5S/c1-3-14-32-27-21(22-17-33-24(26-22)19-8-6-5-7-9-19)16-31-20-12-10-18(11-13-20)15-23(25(28)29)30-4-2/h5-13,16-17,23,27H,3-4,14-15H2,1-2H3,(H,28,29). The van der Waals surface area contributed by atoms with E-state index in [0.29, 0.717) is 30.4 Å². The number of thiazole rings is 1. The second-order valence-corrected chi connectivity index (χ2v) is 7.99. The minimum absolute atomic E-state index is 0.290. The van der Waals surface area contributed by atoms with Gasteiger partial charge in [0.2, 0.25) is 0 Å². The second-order valence-electron chi connectivity index (χ2n) is 7.13. The summed E-state index contributed by atoms with van der Waals surface area (Å²) in [5.41, 5.74) is 6.15. The number of hydrogen-bond acceptors (Lipinski definition) is 7. The molecule has 3 rings (SSSR count). The maximum Gasteiger partial charge on any atom is 0.333 e. The number of rotatable bonds is 13. The molecule has 0 saturated heterocycles. The summed E-state index contributed by atoms with van der Waals surface area (Å²) in [5, 5.41) is 12.1. The first-order chi connectivity index (χ1) is 16.1. The van der Waals surface area contributed by atoms with Gasteiger partial charge >= 0.3 is 5.97 Å². The van der Waals surface area contributed by atoms with Gasteiger partial charge in [-0.05, 0) is 31.0 Å². The van der Waals surface area contributed by atoms with Crippen molar-refractivity contribution in [3.8, 4) is 16.3 Å². The number of nitrogens with zero attached hydrogens (tertiary/aromatic N) is 1. The number of aliphatic carboxylic acids is 1. The minimum atomic E-state index is -0.971. The van der Waals surface area contributed by atoms with Gasteiger partial charge in [-0.3, -0.25) is 10.3 Å². The molecule has 1 aromatic heterocycles. The predicted octanol–water partition coefficient (Wildman–Crippen LogP) is 5.15. The van der Waals surface area contributed by atoms with Gasteiger partial charge in [-0.25, -0.2) is 9.78 Å². The number of benzene rings is 2. The van der Waals surface area contributed by atoms with Gasteiger partial charge in [-0.2, -0.15) is 0 Å². The van der Waals surface area contributed by atoms with E-state index in [1.165, 1.54) is 0 Å². The highest BCUT2D eigenvalue weighted by molar-refractivity contribution is 7.13. The zero-order chi connectivity index (χ0) is 23.5. The fourth-order valence-electron chi connectivity index (χ4n) is 2.94. The van der Waals surface area contributed by atoms with E-state index >= 15 is 0 Å². The number of ether oxygens (including phenoxy) is 2. The Balaban J connectivity index is 1.71. The van der Waals surface area contributed by atoms with E-state index in [-0.39, 0.29) is 6.42 Å². The van der Waals surface area contributed by atoms with Crippen LogP contribution in [-0.2, 0) is 20.8 Å². The summed E-state index contributed by atoms with van der Waals surface area (Å²) in [7, 11) is 0. The Bertz CT molecular complexity index is 1030. The highest BCUT2D eigenvalue weighted by Crippen LogP contribution is 2.26. The van der Waals surface area contributed by atoms with Crippen molar-refractivity contribution in [3.05, 3.63) is 77.5 Å². The van der Waals surface area contributed by atoms with Crippen molar-refractivity contribution in [2.75, 3.05) is 13.2 Å². The quantitative estimate of drug-likeness (QED) is 0.204. The molecular weight excluding hydrogens is 440 g/mol. The van der Waals surface area contributed by atoms with Crippen LogP contribution < -0.4 is 10.2 Å². The highest BCUT2D eigenvalue weighted by Gasteiger charge is 2.18. The molecule has 1 heterocycles. The zero-order valence-electron chi connectivity index (χ0n) is 18.7. The average Bonchev–Trinajstić information content (AvgIpc) is 3.32.